The first-order chi connectivity index (χ1) is 10.1. The fourth-order valence-electron chi connectivity index (χ4n) is 2.96. The Balaban J connectivity index is 1.86. The maximum atomic E-state index is 6.18. The van der Waals surface area contributed by atoms with Crippen LogP contribution in [0.25, 0.3) is 0 Å². The van der Waals surface area contributed by atoms with E-state index in [-0.39, 0.29) is 5.41 Å². The average molecular weight is 326 g/mol. The topological polar surface area (TPSA) is 64.9 Å². The molecule has 0 spiro atoms. The van der Waals surface area contributed by atoms with Gasteiger partial charge in [0.1, 0.15) is 0 Å². The van der Waals surface area contributed by atoms with E-state index in [2.05, 4.69) is 10.1 Å². The molecular weight excluding hydrogens is 309 g/mol. The summed E-state index contributed by atoms with van der Waals surface area (Å²) in [4.78, 5) is 4.54. The number of nitrogens with two attached hydrogens (primary N) is 1. The van der Waals surface area contributed by atoms with Crippen LogP contribution in [0.15, 0.2) is 22.7 Å². The Morgan fingerprint density at radius 1 is 1.19 bits per heavy atom. The molecule has 112 valence electrons. The van der Waals surface area contributed by atoms with Crippen LogP contribution in [0, 0.1) is 0 Å². The van der Waals surface area contributed by atoms with Gasteiger partial charge in [0, 0.05) is 23.0 Å². The molecule has 0 atom stereocenters. The van der Waals surface area contributed by atoms with Crippen molar-refractivity contribution in [1.29, 1.82) is 0 Å². The van der Waals surface area contributed by atoms with Crippen molar-refractivity contribution in [3.63, 3.8) is 0 Å². The molecule has 0 saturated heterocycles. The molecule has 4 nitrogen and oxygen atoms in total. The van der Waals surface area contributed by atoms with Crippen LogP contribution in [0.2, 0.25) is 10.0 Å². The summed E-state index contributed by atoms with van der Waals surface area (Å²) < 4.78 is 5.47. The van der Waals surface area contributed by atoms with Gasteiger partial charge in [0.2, 0.25) is 5.89 Å². The van der Waals surface area contributed by atoms with Gasteiger partial charge in [-0.1, -0.05) is 47.3 Å². The molecule has 0 amide bonds. The molecule has 1 aromatic heterocycles. The van der Waals surface area contributed by atoms with Crippen LogP contribution < -0.4 is 5.73 Å². The summed E-state index contributed by atoms with van der Waals surface area (Å²) in [6.07, 6.45) is 4.80. The van der Waals surface area contributed by atoms with Crippen molar-refractivity contribution in [2.45, 2.75) is 37.5 Å². The first-order valence-corrected chi connectivity index (χ1v) is 7.86. The summed E-state index contributed by atoms with van der Waals surface area (Å²) in [5, 5.41) is 5.30. The minimum absolute atomic E-state index is 0.143. The van der Waals surface area contributed by atoms with Crippen LogP contribution >= 0.6 is 23.2 Å². The van der Waals surface area contributed by atoms with E-state index in [1.54, 1.807) is 0 Å². The number of rotatable bonds is 4. The third-order valence-electron chi connectivity index (χ3n) is 4.27. The standard InChI is InChI=1S/C15H17Cl2N3O/c16-11-4-3-5-12(17)10(11)8-13-19-14(21-20-13)15(9-18)6-1-2-7-15/h3-5H,1-2,6-9,18H2. The Kier molecular flexibility index (Phi) is 4.20. The van der Waals surface area contributed by atoms with Gasteiger partial charge in [-0.3, -0.25) is 0 Å². The lowest BCUT2D eigenvalue weighted by molar-refractivity contribution is 0.283. The number of halogens is 2. The number of aromatic nitrogens is 2. The van der Waals surface area contributed by atoms with Crippen molar-refractivity contribution < 1.29 is 4.52 Å². The number of hydrogen-bond donors (Lipinski definition) is 1. The van der Waals surface area contributed by atoms with E-state index in [1.165, 1.54) is 0 Å². The minimum Gasteiger partial charge on any atom is -0.339 e. The molecule has 1 aliphatic rings. The Labute approximate surface area is 133 Å². The SMILES string of the molecule is NCC1(c2nc(Cc3c(Cl)cccc3Cl)no2)CCCC1. The van der Waals surface area contributed by atoms with E-state index in [0.29, 0.717) is 34.7 Å². The zero-order valence-electron chi connectivity index (χ0n) is 11.6. The van der Waals surface area contributed by atoms with Gasteiger partial charge in [-0.25, -0.2) is 0 Å². The fraction of sp³-hybridized carbons (Fsp3) is 0.467. The van der Waals surface area contributed by atoms with E-state index in [9.17, 15) is 0 Å². The quantitative estimate of drug-likeness (QED) is 0.929. The Morgan fingerprint density at radius 2 is 1.86 bits per heavy atom. The van der Waals surface area contributed by atoms with Crippen LogP contribution in [0.1, 0.15) is 43.0 Å². The molecule has 3 rings (SSSR count). The summed E-state index contributed by atoms with van der Waals surface area (Å²) in [5.74, 6) is 1.25. The molecule has 0 aliphatic heterocycles. The van der Waals surface area contributed by atoms with E-state index in [4.69, 9.17) is 33.5 Å². The van der Waals surface area contributed by atoms with E-state index in [1.807, 2.05) is 18.2 Å². The van der Waals surface area contributed by atoms with Gasteiger partial charge in [-0.2, -0.15) is 4.98 Å². The fourth-order valence-corrected chi connectivity index (χ4v) is 3.49. The van der Waals surface area contributed by atoms with Gasteiger partial charge in [0.15, 0.2) is 5.82 Å². The smallest absolute Gasteiger partial charge is 0.234 e. The first kappa shape index (κ1) is 14.8. The summed E-state index contributed by atoms with van der Waals surface area (Å²) in [6.45, 7) is 0.543. The molecule has 0 bridgehead atoms. The maximum Gasteiger partial charge on any atom is 0.234 e. The minimum atomic E-state index is -0.143. The van der Waals surface area contributed by atoms with E-state index >= 15 is 0 Å². The third-order valence-corrected chi connectivity index (χ3v) is 4.98. The predicted octanol–water partition coefficient (Wildman–Crippen LogP) is 3.74. The lowest BCUT2D eigenvalue weighted by Gasteiger charge is -2.21. The second kappa shape index (κ2) is 5.95. The predicted molar refractivity (Wildman–Crippen MR) is 82.8 cm³/mol. The lowest BCUT2D eigenvalue weighted by Crippen LogP contribution is -2.32. The van der Waals surface area contributed by atoms with E-state index < -0.39 is 0 Å². The first-order valence-electron chi connectivity index (χ1n) is 7.11. The molecular formula is C15H17Cl2N3O. The van der Waals surface area contributed by atoms with Crippen LogP contribution in [0.4, 0.5) is 0 Å². The number of benzene rings is 1. The molecule has 1 aromatic carbocycles. The Hall–Kier alpha value is -1.10. The lowest BCUT2D eigenvalue weighted by atomic mass is 9.86. The zero-order chi connectivity index (χ0) is 14.9. The average Bonchev–Trinajstić information content (AvgIpc) is 3.13. The highest BCUT2D eigenvalue weighted by molar-refractivity contribution is 6.36. The van der Waals surface area contributed by atoms with Gasteiger partial charge >= 0.3 is 0 Å². The third kappa shape index (κ3) is 2.80. The molecule has 1 aliphatic carbocycles. The summed E-state index contributed by atoms with van der Waals surface area (Å²) >= 11 is 12.4. The molecule has 2 N–H and O–H groups in total. The van der Waals surface area contributed by atoms with Gasteiger partial charge < -0.3 is 10.3 Å². The van der Waals surface area contributed by atoms with Gasteiger partial charge in [-0.15, -0.1) is 0 Å². The number of hydrogen-bond acceptors (Lipinski definition) is 4. The van der Waals surface area contributed by atoms with Crippen molar-refractivity contribution in [3.05, 3.63) is 45.5 Å². The van der Waals surface area contributed by atoms with Crippen LogP contribution in [0.5, 0.6) is 0 Å². The van der Waals surface area contributed by atoms with Crippen molar-refractivity contribution in [2.75, 3.05) is 6.54 Å². The molecule has 1 fully saturated rings. The highest BCUT2D eigenvalue weighted by Gasteiger charge is 2.39. The Morgan fingerprint density at radius 3 is 2.48 bits per heavy atom. The number of nitrogens with zero attached hydrogens (tertiary/aromatic N) is 2. The summed E-state index contributed by atoms with van der Waals surface area (Å²) in [7, 11) is 0. The molecule has 0 unspecified atom stereocenters. The highest BCUT2D eigenvalue weighted by atomic mass is 35.5. The van der Waals surface area contributed by atoms with E-state index in [0.717, 1.165) is 31.2 Å². The monoisotopic (exact) mass is 325 g/mol. The molecule has 0 radical (unpaired) electrons. The van der Waals surface area contributed by atoms with Gasteiger partial charge in [-0.05, 0) is 30.5 Å². The van der Waals surface area contributed by atoms with Gasteiger partial charge in [0.25, 0.3) is 0 Å². The van der Waals surface area contributed by atoms with Crippen molar-refractivity contribution in [2.24, 2.45) is 5.73 Å². The largest absolute Gasteiger partial charge is 0.339 e. The molecule has 1 saturated carbocycles. The molecule has 21 heavy (non-hydrogen) atoms. The second-order valence-corrected chi connectivity index (χ2v) is 6.40. The maximum absolute atomic E-state index is 6.18. The Bertz CT molecular complexity index is 615. The normalized spacial score (nSPS) is 17.3. The zero-order valence-corrected chi connectivity index (χ0v) is 13.1. The summed E-state index contributed by atoms with van der Waals surface area (Å²) in [5.41, 5.74) is 6.62. The van der Waals surface area contributed by atoms with Crippen molar-refractivity contribution in [3.8, 4) is 0 Å². The molecule has 6 heteroatoms. The summed E-state index contributed by atoms with van der Waals surface area (Å²) in [6, 6.07) is 5.43. The molecule has 1 heterocycles. The molecule has 2 aromatic rings. The van der Waals surface area contributed by atoms with Crippen LogP contribution in [-0.2, 0) is 11.8 Å². The van der Waals surface area contributed by atoms with Crippen molar-refractivity contribution in [1.82, 2.24) is 10.1 Å². The van der Waals surface area contributed by atoms with Gasteiger partial charge in [0.05, 0.1) is 5.41 Å². The van der Waals surface area contributed by atoms with Crippen LogP contribution in [-0.4, -0.2) is 16.7 Å². The highest BCUT2D eigenvalue weighted by Crippen LogP contribution is 2.39. The van der Waals surface area contributed by atoms with Crippen LogP contribution in [0.3, 0.4) is 0 Å². The second-order valence-electron chi connectivity index (χ2n) is 5.58. The van der Waals surface area contributed by atoms with Crippen molar-refractivity contribution >= 4 is 23.2 Å².